The van der Waals surface area contributed by atoms with Crippen LogP contribution in [0.25, 0.3) is 0 Å². The van der Waals surface area contributed by atoms with E-state index < -0.39 is 0 Å². The second-order valence-electron chi connectivity index (χ2n) is 5.53. The molecule has 0 radical (unpaired) electrons. The van der Waals surface area contributed by atoms with Crippen molar-refractivity contribution in [1.82, 2.24) is 4.90 Å². The quantitative estimate of drug-likeness (QED) is 0.868. The van der Waals surface area contributed by atoms with Gasteiger partial charge in [0.15, 0.2) is 0 Å². The van der Waals surface area contributed by atoms with E-state index in [0.29, 0.717) is 12.0 Å². The zero-order chi connectivity index (χ0) is 12.3. The summed E-state index contributed by atoms with van der Waals surface area (Å²) in [6.07, 6.45) is 2.42. The molecule has 0 unspecified atom stereocenters. The molecule has 2 rings (SSSR count). The summed E-state index contributed by atoms with van der Waals surface area (Å²) in [4.78, 5) is 2.47. The molecule has 1 atom stereocenters. The first-order valence-electron chi connectivity index (χ1n) is 6.72. The molecule has 0 aliphatic carbocycles. The Bertz CT molecular complexity index is 342. The Labute approximate surface area is 105 Å². The lowest BCUT2D eigenvalue weighted by Gasteiger charge is -2.30. The van der Waals surface area contributed by atoms with Crippen LogP contribution in [0.5, 0.6) is 0 Å². The standard InChI is InChI=1S/C15H24N2/c1-12(2)14-7-5-13(6-8-14)10-17-9-3-4-15(16)11-17/h5-8,12,15H,3-4,9-11,16H2,1-2H3/t15-/m1/s1. The monoisotopic (exact) mass is 232 g/mol. The Hall–Kier alpha value is -0.860. The fourth-order valence-electron chi connectivity index (χ4n) is 2.50. The Morgan fingerprint density at radius 2 is 2.00 bits per heavy atom. The number of rotatable bonds is 3. The predicted octanol–water partition coefficient (Wildman–Crippen LogP) is 2.73. The van der Waals surface area contributed by atoms with Crippen LogP contribution in [0.1, 0.15) is 43.7 Å². The molecule has 2 heteroatoms. The second kappa shape index (κ2) is 5.65. The minimum Gasteiger partial charge on any atom is -0.327 e. The van der Waals surface area contributed by atoms with Gasteiger partial charge < -0.3 is 5.73 Å². The van der Waals surface area contributed by atoms with Crippen LogP contribution in [0.15, 0.2) is 24.3 Å². The molecule has 1 aliphatic rings. The number of likely N-dealkylation sites (tertiary alicyclic amines) is 1. The number of nitrogens with two attached hydrogens (primary N) is 1. The Morgan fingerprint density at radius 3 is 2.59 bits per heavy atom. The van der Waals surface area contributed by atoms with E-state index in [-0.39, 0.29) is 0 Å². The maximum absolute atomic E-state index is 6.00. The zero-order valence-corrected chi connectivity index (χ0v) is 11.0. The molecule has 0 bridgehead atoms. The van der Waals surface area contributed by atoms with Crippen LogP contribution in [0.4, 0.5) is 0 Å². The molecule has 1 saturated heterocycles. The molecule has 1 fully saturated rings. The van der Waals surface area contributed by atoms with Gasteiger partial charge in [0.25, 0.3) is 0 Å². The molecular weight excluding hydrogens is 208 g/mol. The molecule has 0 spiro atoms. The van der Waals surface area contributed by atoms with E-state index in [2.05, 4.69) is 43.0 Å². The number of hydrogen-bond acceptors (Lipinski definition) is 2. The summed E-state index contributed by atoms with van der Waals surface area (Å²) in [7, 11) is 0. The molecule has 2 nitrogen and oxygen atoms in total. The molecule has 1 aromatic carbocycles. The average Bonchev–Trinajstić information content (AvgIpc) is 2.29. The molecule has 1 heterocycles. The predicted molar refractivity (Wildman–Crippen MR) is 73.0 cm³/mol. The highest BCUT2D eigenvalue weighted by Crippen LogP contribution is 2.17. The summed E-state index contributed by atoms with van der Waals surface area (Å²) >= 11 is 0. The lowest BCUT2D eigenvalue weighted by molar-refractivity contribution is 0.201. The van der Waals surface area contributed by atoms with Crippen molar-refractivity contribution in [2.24, 2.45) is 5.73 Å². The van der Waals surface area contributed by atoms with Crippen LogP contribution in [-0.4, -0.2) is 24.0 Å². The lowest BCUT2D eigenvalue weighted by Crippen LogP contribution is -2.42. The fraction of sp³-hybridized carbons (Fsp3) is 0.600. The molecule has 1 aliphatic heterocycles. The van der Waals surface area contributed by atoms with Gasteiger partial charge in [0.2, 0.25) is 0 Å². The van der Waals surface area contributed by atoms with Gasteiger partial charge in [-0.3, -0.25) is 4.90 Å². The van der Waals surface area contributed by atoms with Crippen molar-refractivity contribution >= 4 is 0 Å². The first-order valence-corrected chi connectivity index (χ1v) is 6.72. The van der Waals surface area contributed by atoms with Crippen LogP contribution >= 0.6 is 0 Å². The third kappa shape index (κ3) is 3.55. The van der Waals surface area contributed by atoms with Gasteiger partial charge in [-0.15, -0.1) is 0 Å². The SMILES string of the molecule is CC(C)c1ccc(CN2CCC[C@@H](N)C2)cc1. The number of hydrogen-bond donors (Lipinski definition) is 1. The first kappa shape index (κ1) is 12.6. The highest BCUT2D eigenvalue weighted by atomic mass is 15.1. The molecule has 17 heavy (non-hydrogen) atoms. The van der Waals surface area contributed by atoms with Crippen molar-refractivity contribution in [1.29, 1.82) is 0 Å². The van der Waals surface area contributed by atoms with Crippen molar-refractivity contribution in [2.75, 3.05) is 13.1 Å². The van der Waals surface area contributed by atoms with Gasteiger partial charge in [0.05, 0.1) is 0 Å². The summed E-state index contributed by atoms with van der Waals surface area (Å²) in [6, 6.07) is 9.40. The third-order valence-electron chi connectivity index (χ3n) is 3.59. The summed E-state index contributed by atoms with van der Waals surface area (Å²) in [5.74, 6) is 0.618. The zero-order valence-electron chi connectivity index (χ0n) is 11.0. The summed E-state index contributed by atoms with van der Waals surface area (Å²) in [6.45, 7) is 7.76. The van der Waals surface area contributed by atoms with E-state index in [1.165, 1.54) is 30.5 Å². The van der Waals surface area contributed by atoms with E-state index in [9.17, 15) is 0 Å². The average molecular weight is 232 g/mol. The number of nitrogens with zero attached hydrogens (tertiary/aromatic N) is 1. The number of benzene rings is 1. The molecule has 0 amide bonds. The van der Waals surface area contributed by atoms with Crippen molar-refractivity contribution in [2.45, 2.75) is 45.2 Å². The Balaban J connectivity index is 1.94. The first-order chi connectivity index (χ1) is 8.15. The van der Waals surface area contributed by atoms with E-state index >= 15 is 0 Å². The molecule has 2 N–H and O–H groups in total. The third-order valence-corrected chi connectivity index (χ3v) is 3.59. The van der Waals surface area contributed by atoms with E-state index in [0.717, 1.165) is 13.1 Å². The van der Waals surface area contributed by atoms with Crippen molar-refractivity contribution in [3.8, 4) is 0 Å². The van der Waals surface area contributed by atoms with Crippen LogP contribution < -0.4 is 5.73 Å². The smallest absolute Gasteiger partial charge is 0.0234 e. The number of piperidine rings is 1. The van der Waals surface area contributed by atoms with Gasteiger partial charge in [-0.05, 0) is 36.4 Å². The molecule has 1 aromatic rings. The van der Waals surface area contributed by atoms with Gasteiger partial charge in [0, 0.05) is 19.1 Å². The largest absolute Gasteiger partial charge is 0.327 e. The van der Waals surface area contributed by atoms with Crippen molar-refractivity contribution in [3.63, 3.8) is 0 Å². The van der Waals surface area contributed by atoms with E-state index in [4.69, 9.17) is 5.73 Å². The normalized spacial score (nSPS) is 22.0. The topological polar surface area (TPSA) is 29.3 Å². The van der Waals surface area contributed by atoms with Crippen LogP contribution in [0.2, 0.25) is 0 Å². The van der Waals surface area contributed by atoms with Gasteiger partial charge in [-0.1, -0.05) is 38.1 Å². The van der Waals surface area contributed by atoms with Crippen LogP contribution in [0, 0.1) is 0 Å². The molecule has 0 saturated carbocycles. The van der Waals surface area contributed by atoms with Crippen molar-refractivity contribution in [3.05, 3.63) is 35.4 Å². The molecule has 94 valence electrons. The van der Waals surface area contributed by atoms with Crippen molar-refractivity contribution < 1.29 is 0 Å². The van der Waals surface area contributed by atoms with Crippen LogP contribution in [-0.2, 0) is 6.54 Å². The minimum absolute atomic E-state index is 0.374. The maximum atomic E-state index is 6.00. The fourth-order valence-corrected chi connectivity index (χ4v) is 2.50. The van der Waals surface area contributed by atoms with E-state index in [1.807, 2.05) is 0 Å². The highest BCUT2D eigenvalue weighted by molar-refractivity contribution is 5.24. The van der Waals surface area contributed by atoms with E-state index in [1.54, 1.807) is 0 Å². The highest BCUT2D eigenvalue weighted by Gasteiger charge is 2.16. The minimum atomic E-state index is 0.374. The van der Waals surface area contributed by atoms with Gasteiger partial charge in [-0.25, -0.2) is 0 Å². The second-order valence-corrected chi connectivity index (χ2v) is 5.53. The van der Waals surface area contributed by atoms with Gasteiger partial charge in [-0.2, -0.15) is 0 Å². The Kier molecular flexibility index (Phi) is 4.19. The molecular formula is C15H24N2. The van der Waals surface area contributed by atoms with Crippen LogP contribution in [0.3, 0.4) is 0 Å². The van der Waals surface area contributed by atoms with Gasteiger partial charge in [0.1, 0.15) is 0 Å². The Morgan fingerprint density at radius 1 is 1.29 bits per heavy atom. The summed E-state index contributed by atoms with van der Waals surface area (Å²) < 4.78 is 0. The summed E-state index contributed by atoms with van der Waals surface area (Å²) in [5.41, 5.74) is 8.83. The van der Waals surface area contributed by atoms with Gasteiger partial charge >= 0.3 is 0 Å². The maximum Gasteiger partial charge on any atom is 0.0234 e. The molecule has 0 aromatic heterocycles. The lowest BCUT2D eigenvalue weighted by atomic mass is 10.0. The summed E-state index contributed by atoms with van der Waals surface area (Å²) in [5, 5.41) is 0.